The van der Waals surface area contributed by atoms with Crippen LogP contribution in [-0.4, -0.2) is 106 Å². The molecule has 0 radical (unpaired) electrons. The average Bonchev–Trinajstić information content (AvgIpc) is 3.62. The van der Waals surface area contributed by atoms with Crippen molar-refractivity contribution < 1.29 is 37.0 Å². The van der Waals surface area contributed by atoms with Gasteiger partial charge in [0.25, 0.3) is 0 Å². The molecule has 5 rings (SSSR count). The molecule has 0 saturated carbocycles. The summed E-state index contributed by atoms with van der Waals surface area (Å²) in [5, 5.41) is 4.49. The third-order valence-electron chi connectivity index (χ3n) is 8.83. The Labute approximate surface area is 299 Å². The van der Waals surface area contributed by atoms with Crippen molar-refractivity contribution in [1.29, 1.82) is 0 Å². The van der Waals surface area contributed by atoms with Gasteiger partial charge in [-0.15, -0.1) is 0 Å². The third-order valence-corrected chi connectivity index (χ3v) is 9.06. The van der Waals surface area contributed by atoms with Crippen molar-refractivity contribution in [2.45, 2.75) is 70.9 Å². The molecule has 2 saturated heterocycles. The summed E-state index contributed by atoms with van der Waals surface area (Å²) in [4.78, 5) is 40.0. The predicted octanol–water partition coefficient (Wildman–Crippen LogP) is 5.59. The number of aromatic nitrogens is 4. The van der Waals surface area contributed by atoms with E-state index in [1.54, 1.807) is 33.8 Å². The number of halogens is 4. The summed E-state index contributed by atoms with van der Waals surface area (Å²) in [6.45, 7) is 8.84. The normalized spacial score (nSPS) is 18.3. The van der Waals surface area contributed by atoms with E-state index in [-0.39, 0.29) is 47.1 Å². The highest BCUT2D eigenvalue weighted by molar-refractivity contribution is 6.30. The largest absolute Gasteiger partial charge is 0.463 e. The summed E-state index contributed by atoms with van der Waals surface area (Å²) in [5.74, 6) is -0.831. The van der Waals surface area contributed by atoms with E-state index in [1.807, 2.05) is 23.9 Å². The van der Waals surface area contributed by atoms with Gasteiger partial charge in [-0.25, -0.2) is 14.3 Å². The lowest BCUT2D eigenvalue weighted by Gasteiger charge is -2.39. The number of hydrogen-bond acceptors (Lipinski definition) is 11. The molecule has 4 heterocycles. The first kappa shape index (κ1) is 37.9. The van der Waals surface area contributed by atoms with Crippen LogP contribution in [0.5, 0.6) is 5.88 Å². The first-order valence-corrected chi connectivity index (χ1v) is 17.0. The number of benzene rings is 1. The Hall–Kier alpha value is -4.31. The first-order valence-electron chi connectivity index (χ1n) is 16.6. The van der Waals surface area contributed by atoms with Gasteiger partial charge in [0, 0.05) is 49.0 Å². The number of nitrogens with zero attached hydrogens (tertiary/aromatic N) is 7. The van der Waals surface area contributed by atoms with E-state index < -0.39 is 41.4 Å². The van der Waals surface area contributed by atoms with Crippen molar-refractivity contribution in [1.82, 2.24) is 29.5 Å². The average molecular weight is 737 g/mol. The highest BCUT2D eigenvalue weighted by atomic mass is 35.5. The maximum Gasteiger partial charge on any atom is 0.429 e. The van der Waals surface area contributed by atoms with E-state index >= 15 is 0 Å². The van der Waals surface area contributed by atoms with Gasteiger partial charge in [0.1, 0.15) is 24.1 Å². The molecule has 2 aliphatic heterocycles. The molecule has 1 spiro atoms. The number of carbonyl (C=O) groups is 2. The maximum atomic E-state index is 14.6. The lowest BCUT2D eigenvalue weighted by molar-refractivity contribution is -0.198. The smallest absolute Gasteiger partial charge is 0.429 e. The number of amides is 1. The van der Waals surface area contributed by atoms with Crippen LogP contribution in [0.4, 0.5) is 29.7 Å². The number of nitrogens with two attached hydrogens (primary N) is 1. The van der Waals surface area contributed by atoms with Crippen LogP contribution in [0, 0.1) is 12.3 Å². The molecular formula is C34H44ClF3N8O5. The number of ether oxygens (including phenoxy) is 3. The fraction of sp³-hybridized carbons (Fsp3) is 0.559. The van der Waals surface area contributed by atoms with E-state index in [0.717, 1.165) is 0 Å². The number of aryl methyl sites for hydroxylation is 1. The summed E-state index contributed by atoms with van der Waals surface area (Å²) in [6, 6.07) is 6.15. The highest BCUT2D eigenvalue weighted by Crippen LogP contribution is 2.45. The van der Waals surface area contributed by atoms with E-state index in [1.165, 1.54) is 40.0 Å². The molecule has 0 bridgehead atoms. The van der Waals surface area contributed by atoms with Crippen LogP contribution in [0.1, 0.15) is 57.4 Å². The van der Waals surface area contributed by atoms with Crippen molar-refractivity contribution in [2.24, 2.45) is 5.41 Å². The zero-order valence-electron chi connectivity index (χ0n) is 29.5. The summed E-state index contributed by atoms with van der Waals surface area (Å²) in [7, 11) is 3.74. The van der Waals surface area contributed by atoms with E-state index in [2.05, 4.69) is 15.1 Å². The number of hydrogen-bond donors (Lipinski definition) is 1. The quantitative estimate of drug-likeness (QED) is 0.275. The third kappa shape index (κ3) is 9.33. The van der Waals surface area contributed by atoms with Crippen molar-refractivity contribution in [3.63, 3.8) is 0 Å². The monoisotopic (exact) mass is 736 g/mol. The van der Waals surface area contributed by atoms with Crippen LogP contribution >= 0.6 is 11.6 Å². The summed E-state index contributed by atoms with van der Waals surface area (Å²) in [5.41, 5.74) is 5.30. The van der Waals surface area contributed by atoms with Crippen LogP contribution in [0.2, 0.25) is 5.02 Å². The molecule has 2 fully saturated rings. The first-order chi connectivity index (χ1) is 23.8. The van der Waals surface area contributed by atoms with Gasteiger partial charge in [-0.05, 0) is 84.7 Å². The molecule has 13 nitrogen and oxygen atoms in total. The van der Waals surface area contributed by atoms with E-state index in [9.17, 15) is 22.8 Å². The lowest BCUT2D eigenvalue weighted by atomic mass is 9.76. The molecule has 2 atom stereocenters. The lowest BCUT2D eigenvalue weighted by Crippen LogP contribution is -2.45. The fourth-order valence-electron chi connectivity index (χ4n) is 6.34. The fourth-order valence-corrected chi connectivity index (χ4v) is 6.51. The van der Waals surface area contributed by atoms with Gasteiger partial charge in [0.2, 0.25) is 17.9 Å². The van der Waals surface area contributed by atoms with Gasteiger partial charge in [-0.3, -0.25) is 4.90 Å². The van der Waals surface area contributed by atoms with Crippen LogP contribution < -0.4 is 15.4 Å². The van der Waals surface area contributed by atoms with E-state index in [0.29, 0.717) is 44.6 Å². The second-order valence-electron chi connectivity index (χ2n) is 14.4. The second-order valence-corrected chi connectivity index (χ2v) is 14.8. The Morgan fingerprint density at radius 1 is 1.12 bits per heavy atom. The molecule has 1 aromatic carbocycles. The summed E-state index contributed by atoms with van der Waals surface area (Å²) in [6.07, 6.45) is -4.86. The van der Waals surface area contributed by atoms with Gasteiger partial charge in [-0.2, -0.15) is 28.2 Å². The number of anilines is 2. The molecule has 3 aromatic rings. The number of nitrogen functional groups attached to an aromatic ring is 1. The number of likely N-dealkylation sites (tertiary alicyclic amines) is 1. The zero-order chi connectivity index (χ0) is 37.3. The zero-order valence-corrected chi connectivity index (χ0v) is 30.3. The number of carbonyl (C=O) groups excluding carboxylic acids is 2. The predicted molar refractivity (Wildman–Crippen MR) is 184 cm³/mol. The Morgan fingerprint density at radius 2 is 1.82 bits per heavy atom. The molecule has 0 aliphatic carbocycles. The van der Waals surface area contributed by atoms with Crippen LogP contribution in [0.25, 0.3) is 5.69 Å². The van der Waals surface area contributed by atoms with Crippen LogP contribution in [0.15, 0.2) is 36.5 Å². The van der Waals surface area contributed by atoms with Gasteiger partial charge in [0.15, 0.2) is 0 Å². The molecule has 51 heavy (non-hydrogen) atoms. The standard InChI is InChI=1S/C34H44ClF3N8O5/c1-21-9-12-46(42-21)24-17-22(35)7-8-23(24)28(34(36,37)38)50-27-18-26(40-30(39)41-27)44-13-10-33(11-14-44)19-25(29(47)49-16-15-43(5)6)45(20-33)31(48)51-32(2,3)4/h7-9,12,17-18,25,28H,10-11,13-16,19-20H2,1-6H3,(H2,39,40,41)/t25-,28+/m0/s1. The number of piperidine rings is 1. The van der Waals surface area contributed by atoms with Gasteiger partial charge < -0.3 is 29.7 Å². The second kappa shape index (κ2) is 14.7. The Kier molecular flexibility index (Phi) is 11.0. The number of likely N-dealkylation sites (N-methyl/N-ethyl adjacent to an activating group) is 1. The Balaban J connectivity index is 1.35. The SMILES string of the molecule is Cc1ccn(-c2cc(Cl)ccc2[C@@H](Oc2cc(N3CCC4(CC3)C[C@@H](C(=O)OCCN(C)C)N(C(=O)OC(C)(C)C)C4)nc(N)n2)C(F)(F)F)n1. The number of alkyl halides is 3. The molecule has 2 aliphatic rings. The van der Waals surface area contributed by atoms with Crippen LogP contribution in [0.3, 0.4) is 0 Å². The molecule has 17 heteroatoms. The highest BCUT2D eigenvalue weighted by Gasteiger charge is 2.52. The molecule has 1 amide bonds. The molecule has 2 aromatic heterocycles. The molecule has 2 N–H and O–H groups in total. The number of rotatable bonds is 9. The minimum atomic E-state index is -4.85. The topological polar surface area (TPSA) is 141 Å². The van der Waals surface area contributed by atoms with Crippen molar-refractivity contribution in [2.75, 3.05) is 57.5 Å². The molecule has 278 valence electrons. The van der Waals surface area contributed by atoms with Crippen molar-refractivity contribution in [3.05, 3.63) is 52.8 Å². The van der Waals surface area contributed by atoms with Gasteiger partial charge in [0.05, 0.1) is 11.4 Å². The minimum Gasteiger partial charge on any atom is -0.463 e. The number of esters is 1. The molecule has 0 unspecified atom stereocenters. The maximum absolute atomic E-state index is 14.6. The Bertz CT molecular complexity index is 1720. The van der Waals surface area contributed by atoms with Crippen molar-refractivity contribution in [3.8, 4) is 11.6 Å². The van der Waals surface area contributed by atoms with Crippen LogP contribution in [-0.2, 0) is 14.3 Å². The Morgan fingerprint density at radius 3 is 2.43 bits per heavy atom. The van der Waals surface area contributed by atoms with E-state index in [4.69, 9.17) is 31.5 Å². The van der Waals surface area contributed by atoms with Crippen molar-refractivity contribution >= 4 is 35.4 Å². The minimum absolute atomic E-state index is 0.0957. The summed E-state index contributed by atoms with van der Waals surface area (Å²) >= 11 is 6.17. The van der Waals surface area contributed by atoms with Gasteiger partial charge >= 0.3 is 18.2 Å². The van der Waals surface area contributed by atoms with Gasteiger partial charge in [-0.1, -0.05) is 17.7 Å². The molecular weight excluding hydrogens is 693 g/mol. The summed E-state index contributed by atoms with van der Waals surface area (Å²) < 4.78 is 62.0.